The molecule has 0 saturated heterocycles. The van der Waals surface area contributed by atoms with Crippen LogP contribution in [0.15, 0.2) is 39.6 Å². The second kappa shape index (κ2) is 3.40. The fourth-order valence-corrected chi connectivity index (χ4v) is 1.92. The van der Waals surface area contributed by atoms with Crippen molar-refractivity contribution in [3.05, 3.63) is 51.9 Å². The minimum atomic E-state index is -1.26. The third-order valence-electron chi connectivity index (χ3n) is 2.77. The second-order valence-corrected chi connectivity index (χ2v) is 3.83. The summed E-state index contributed by atoms with van der Waals surface area (Å²) in [6.45, 7) is 0. The highest BCUT2D eigenvalue weighted by Gasteiger charge is 2.27. The van der Waals surface area contributed by atoms with Gasteiger partial charge in [-0.15, -0.1) is 0 Å². The topological polar surface area (TPSA) is 67.5 Å². The van der Waals surface area contributed by atoms with Crippen molar-refractivity contribution in [1.29, 1.82) is 0 Å². The maximum atomic E-state index is 12.1. The van der Waals surface area contributed by atoms with E-state index >= 15 is 0 Å². The molecule has 1 aliphatic rings. The molecule has 1 unspecified atom stereocenters. The number of rotatable bonds is 0. The Morgan fingerprint density at radius 2 is 1.94 bits per heavy atom. The van der Waals surface area contributed by atoms with Crippen molar-refractivity contribution >= 4 is 22.8 Å². The van der Waals surface area contributed by atoms with Gasteiger partial charge in [0.1, 0.15) is 23.0 Å². The predicted octanol–water partition coefficient (Wildman–Crippen LogP) is 1.36. The normalized spacial score (nSPS) is 18.4. The average Bonchev–Trinajstić information content (AvgIpc) is 2.34. The molecule has 0 fully saturated rings. The summed E-state index contributed by atoms with van der Waals surface area (Å²) in [6.07, 6.45) is 1.50. The molecule has 1 aliphatic carbocycles. The zero-order chi connectivity index (χ0) is 12.0. The molecule has 1 N–H and O–H groups in total. The number of para-hydroxylation sites is 1. The molecule has 17 heavy (non-hydrogen) atoms. The number of benzene rings is 1. The van der Waals surface area contributed by atoms with Gasteiger partial charge in [-0.25, -0.2) is 0 Å². The summed E-state index contributed by atoms with van der Waals surface area (Å²) in [6, 6.07) is 6.71. The third-order valence-corrected chi connectivity index (χ3v) is 2.77. The van der Waals surface area contributed by atoms with Gasteiger partial charge >= 0.3 is 0 Å². The summed E-state index contributed by atoms with van der Waals surface area (Å²) in [7, 11) is 0. The van der Waals surface area contributed by atoms with Crippen LogP contribution in [0.5, 0.6) is 0 Å². The highest BCUT2D eigenvalue weighted by Crippen LogP contribution is 2.21. The van der Waals surface area contributed by atoms with Crippen LogP contribution >= 0.6 is 0 Å². The van der Waals surface area contributed by atoms with Crippen LogP contribution in [0.4, 0.5) is 0 Å². The number of aliphatic hydroxyl groups excluding tert-OH is 1. The minimum absolute atomic E-state index is 0.0706. The molecular weight excluding hydrogens is 220 g/mol. The fourth-order valence-electron chi connectivity index (χ4n) is 1.92. The number of fused-ring (bicyclic) bond motifs is 2. The lowest BCUT2D eigenvalue weighted by atomic mass is 9.97. The molecule has 1 aromatic carbocycles. The SMILES string of the molecule is O=C1c2c(oc3ccccc3c2=O)C=CC1O. The van der Waals surface area contributed by atoms with Crippen LogP contribution in [0.25, 0.3) is 17.0 Å². The summed E-state index contributed by atoms with van der Waals surface area (Å²) in [5.74, 6) is -0.397. The molecule has 0 radical (unpaired) electrons. The maximum Gasteiger partial charge on any atom is 0.204 e. The molecule has 4 heteroatoms. The van der Waals surface area contributed by atoms with Gasteiger partial charge < -0.3 is 9.52 Å². The Morgan fingerprint density at radius 1 is 1.18 bits per heavy atom. The Balaban J connectivity index is 2.47. The summed E-state index contributed by atoms with van der Waals surface area (Å²) in [5.41, 5.74) is -0.0287. The van der Waals surface area contributed by atoms with Gasteiger partial charge in [0.25, 0.3) is 0 Å². The fraction of sp³-hybridized carbons (Fsp3) is 0.0769. The van der Waals surface area contributed by atoms with Crippen molar-refractivity contribution in [2.24, 2.45) is 0 Å². The quantitative estimate of drug-likeness (QED) is 0.739. The Kier molecular flexibility index (Phi) is 2.00. The van der Waals surface area contributed by atoms with Gasteiger partial charge in [0, 0.05) is 0 Å². The predicted molar refractivity (Wildman–Crippen MR) is 61.9 cm³/mol. The van der Waals surface area contributed by atoms with E-state index in [9.17, 15) is 14.7 Å². The molecule has 1 aromatic heterocycles. The number of aliphatic hydroxyl groups is 1. The smallest absolute Gasteiger partial charge is 0.204 e. The van der Waals surface area contributed by atoms with Crippen LogP contribution in [0.3, 0.4) is 0 Å². The van der Waals surface area contributed by atoms with Crippen molar-refractivity contribution in [2.45, 2.75) is 6.10 Å². The first-order valence-corrected chi connectivity index (χ1v) is 5.15. The van der Waals surface area contributed by atoms with Gasteiger partial charge in [0.05, 0.1) is 5.39 Å². The largest absolute Gasteiger partial charge is 0.456 e. The van der Waals surface area contributed by atoms with Crippen LogP contribution in [0, 0.1) is 0 Å². The Morgan fingerprint density at radius 3 is 2.76 bits per heavy atom. The molecule has 0 saturated carbocycles. The molecule has 3 rings (SSSR count). The number of Topliss-reactive ketones (excluding diaryl/α,β-unsaturated/α-hetero) is 1. The first kappa shape index (κ1) is 9.99. The first-order chi connectivity index (χ1) is 8.18. The summed E-state index contributed by atoms with van der Waals surface area (Å²) < 4.78 is 5.47. The van der Waals surface area contributed by atoms with Crippen LogP contribution in [0.1, 0.15) is 16.1 Å². The van der Waals surface area contributed by atoms with Crippen molar-refractivity contribution in [3.63, 3.8) is 0 Å². The van der Waals surface area contributed by atoms with Crippen LogP contribution in [-0.4, -0.2) is 17.0 Å². The van der Waals surface area contributed by atoms with Crippen LogP contribution < -0.4 is 5.43 Å². The van der Waals surface area contributed by atoms with Crippen molar-refractivity contribution in [1.82, 2.24) is 0 Å². The van der Waals surface area contributed by atoms with Crippen LogP contribution in [-0.2, 0) is 0 Å². The second-order valence-electron chi connectivity index (χ2n) is 3.83. The summed E-state index contributed by atoms with van der Waals surface area (Å²) in [4.78, 5) is 23.8. The Bertz CT molecular complexity index is 709. The van der Waals surface area contributed by atoms with Gasteiger partial charge in [-0.1, -0.05) is 12.1 Å². The van der Waals surface area contributed by atoms with E-state index in [2.05, 4.69) is 0 Å². The van der Waals surface area contributed by atoms with Crippen molar-refractivity contribution in [2.75, 3.05) is 0 Å². The van der Waals surface area contributed by atoms with Crippen LogP contribution in [0.2, 0.25) is 0 Å². The van der Waals surface area contributed by atoms with Gasteiger partial charge in [0.2, 0.25) is 11.2 Å². The van der Waals surface area contributed by atoms with E-state index in [4.69, 9.17) is 4.42 Å². The van der Waals surface area contributed by atoms with E-state index in [1.165, 1.54) is 12.2 Å². The van der Waals surface area contributed by atoms with E-state index < -0.39 is 17.3 Å². The van der Waals surface area contributed by atoms with Gasteiger partial charge in [-0.2, -0.15) is 0 Å². The molecule has 1 heterocycles. The maximum absolute atomic E-state index is 12.1. The molecule has 4 nitrogen and oxygen atoms in total. The molecule has 1 atom stereocenters. The molecule has 0 bridgehead atoms. The lowest BCUT2D eigenvalue weighted by Gasteiger charge is -2.12. The highest BCUT2D eigenvalue weighted by molar-refractivity contribution is 6.06. The Labute approximate surface area is 95.8 Å². The van der Waals surface area contributed by atoms with Crippen molar-refractivity contribution < 1.29 is 14.3 Å². The number of hydrogen-bond donors (Lipinski definition) is 1. The van der Waals surface area contributed by atoms with Crippen molar-refractivity contribution in [3.8, 4) is 0 Å². The number of ketones is 1. The van der Waals surface area contributed by atoms with E-state index in [0.717, 1.165) is 0 Å². The van der Waals surface area contributed by atoms with Gasteiger partial charge in [0.15, 0.2) is 0 Å². The summed E-state index contributed by atoms with van der Waals surface area (Å²) in [5, 5.41) is 9.75. The number of carbonyl (C=O) groups is 1. The monoisotopic (exact) mass is 228 g/mol. The molecule has 0 aliphatic heterocycles. The van der Waals surface area contributed by atoms with E-state index in [0.29, 0.717) is 11.0 Å². The number of carbonyl (C=O) groups excluding carboxylic acids is 1. The average molecular weight is 228 g/mol. The molecule has 84 valence electrons. The lowest BCUT2D eigenvalue weighted by Crippen LogP contribution is -2.28. The van der Waals surface area contributed by atoms with Gasteiger partial charge in [-0.05, 0) is 24.3 Å². The molecular formula is C13H8O4. The number of hydrogen-bond acceptors (Lipinski definition) is 4. The molecule has 2 aromatic rings. The standard InChI is InChI=1S/C13H8O4/c14-8-5-6-10-11(13(8)16)12(15)7-3-1-2-4-9(7)17-10/h1-6,8,14H. The first-order valence-electron chi connectivity index (χ1n) is 5.15. The minimum Gasteiger partial charge on any atom is -0.456 e. The Hall–Kier alpha value is -2.20. The molecule has 0 spiro atoms. The van der Waals surface area contributed by atoms with E-state index in [1.54, 1.807) is 24.3 Å². The molecule has 0 amide bonds. The zero-order valence-corrected chi connectivity index (χ0v) is 8.71. The highest BCUT2D eigenvalue weighted by atomic mass is 16.3. The zero-order valence-electron chi connectivity index (χ0n) is 8.71. The van der Waals surface area contributed by atoms with Gasteiger partial charge in [-0.3, -0.25) is 9.59 Å². The summed E-state index contributed by atoms with van der Waals surface area (Å²) >= 11 is 0. The van der Waals surface area contributed by atoms with E-state index in [1.807, 2.05) is 0 Å². The van der Waals surface area contributed by atoms with E-state index in [-0.39, 0.29) is 11.3 Å². The third kappa shape index (κ3) is 1.34. The lowest BCUT2D eigenvalue weighted by molar-refractivity contribution is 0.0814.